The number of H-pyrrole nitrogens is 1. The van der Waals surface area contributed by atoms with Crippen LogP contribution in [0.3, 0.4) is 0 Å². The number of nitrogens with one attached hydrogen (secondary N) is 1. The number of aromatic amines is 1. The minimum absolute atomic E-state index is 0.265. The Kier molecular flexibility index (Phi) is 5.02. The summed E-state index contributed by atoms with van der Waals surface area (Å²) in [6.45, 7) is 3.56. The summed E-state index contributed by atoms with van der Waals surface area (Å²) in [5, 5.41) is 29.3. The number of hydrogen-bond acceptors (Lipinski definition) is 7. The average molecular weight is 386 g/mol. The van der Waals surface area contributed by atoms with Crippen LogP contribution >= 0.6 is 0 Å². The van der Waals surface area contributed by atoms with E-state index in [0.717, 1.165) is 0 Å². The van der Waals surface area contributed by atoms with Gasteiger partial charge < -0.3 is 0 Å². The predicted molar refractivity (Wildman–Crippen MR) is 109 cm³/mol. The van der Waals surface area contributed by atoms with Crippen LogP contribution in [-0.4, -0.2) is 27.9 Å². The second-order valence-corrected chi connectivity index (χ2v) is 6.40. The molecule has 1 aliphatic rings. The van der Waals surface area contributed by atoms with Crippen molar-refractivity contribution in [1.82, 2.24) is 10.2 Å². The van der Waals surface area contributed by atoms with Crippen molar-refractivity contribution in [2.24, 2.45) is 25.6 Å². The van der Waals surface area contributed by atoms with Gasteiger partial charge in [-0.1, -0.05) is 36.4 Å². The summed E-state index contributed by atoms with van der Waals surface area (Å²) in [7, 11) is 0. The third-order valence-corrected chi connectivity index (χ3v) is 4.28. The number of hydrazone groups is 1. The van der Waals surface area contributed by atoms with E-state index in [-0.39, 0.29) is 11.7 Å². The Labute approximate surface area is 166 Å². The van der Waals surface area contributed by atoms with Crippen molar-refractivity contribution in [2.45, 2.75) is 19.9 Å². The molecule has 4 rings (SSSR count). The molecule has 29 heavy (non-hydrogen) atoms. The number of para-hydroxylation sites is 1. The Morgan fingerprint density at radius 3 is 2.34 bits per heavy atom. The SMILES string of the molecule is CC1=NN(c2ccccc2)C(=O)C1N=Nc1n[nH]c(C)c1N=Nc1ccccc1. The molecule has 9 heteroatoms. The molecule has 0 saturated carbocycles. The van der Waals surface area contributed by atoms with Gasteiger partial charge in [-0.25, -0.2) is 0 Å². The summed E-state index contributed by atoms with van der Waals surface area (Å²) in [6, 6.07) is 17.7. The minimum atomic E-state index is -0.800. The Morgan fingerprint density at radius 2 is 1.62 bits per heavy atom. The lowest BCUT2D eigenvalue weighted by molar-refractivity contribution is -0.117. The molecule has 1 N–H and O–H groups in total. The fourth-order valence-corrected chi connectivity index (χ4v) is 2.76. The highest BCUT2D eigenvalue weighted by atomic mass is 16.2. The van der Waals surface area contributed by atoms with Gasteiger partial charge in [0, 0.05) is 0 Å². The van der Waals surface area contributed by atoms with Crippen LogP contribution in [0.5, 0.6) is 0 Å². The van der Waals surface area contributed by atoms with Gasteiger partial charge in [0.1, 0.15) is 0 Å². The predicted octanol–water partition coefficient (Wildman–Crippen LogP) is 5.01. The molecule has 1 unspecified atom stereocenters. The van der Waals surface area contributed by atoms with Crippen LogP contribution in [-0.2, 0) is 4.79 Å². The molecule has 2 heterocycles. The summed E-state index contributed by atoms with van der Waals surface area (Å²) >= 11 is 0. The summed E-state index contributed by atoms with van der Waals surface area (Å²) < 4.78 is 0. The van der Waals surface area contributed by atoms with Gasteiger partial charge in [-0.2, -0.15) is 25.4 Å². The van der Waals surface area contributed by atoms with E-state index >= 15 is 0 Å². The molecule has 0 saturated heterocycles. The molecule has 0 aliphatic carbocycles. The molecule has 144 valence electrons. The molecule has 1 aromatic heterocycles. The highest BCUT2D eigenvalue weighted by molar-refractivity contribution is 6.18. The Hall–Kier alpha value is -4.01. The quantitative estimate of drug-likeness (QED) is 0.622. The van der Waals surface area contributed by atoms with E-state index in [1.54, 1.807) is 6.92 Å². The monoisotopic (exact) mass is 386 g/mol. The van der Waals surface area contributed by atoms with Gasteiger partial charge in [0.25, 0.3) is 5.91 Å². The van der Waals surface area contributed by atoms with Crippen molar-refractivity contribution in [1.29, 1.82) is 0 Å². The molecular weight excluding hydrogens is 368 g/mol. The van der Waals surface area contributed by atoms with E-state index in [1.807, 2.05) is 67.6 Å². The van der Waals surface area contributed by atoms with E-state index in [4.69, 9.17) is 0 Å². The molecule has 0 fully saturated rings. The Bertz CT molecular complexity index is 1100. The first kappa shape index (κ1) is 18.4. The zero-order chi connectivity index (χ0) is 20.2. The summed E-state index contributed by atoms with van der Waals surface area (Å²) in [5.41, 5.74) is 3.12. The van der Waals surface area contributed by atoms with Crippen molar-refractivity contribution in [3.8, 4) is 0 Å². The van der Waals surface area contributed by atoms with Crippen molar-refractivity contribution in [3.05, 3.63) is 66.4 Å². The third-order valence-electron chi connectivity index (χ3n) is 4.28. The van der Waals surface area contributed by atoms with Crippen LogP contribution in [0.25, 0.3) is 0 Å². The van der Waals surface area contributed by atoms with E-state index in [0.29, 0.717) is 28.5 Å². The van der Waals surface area contributed by atoms with Crippen LogP contribution in [0.1, 0.15) is 12.6 Å². The third kappa shape index (κ3) is 3.84. The lowest BCUT2D eigenvalue weighted by Crippen LogP contribution is -2.29. The number of rotatable bonds is 5. The summed E-state index contributed by atoms with van der Waals surface area (Å²) in [5.74, 6) is -0.00175. The van der Waals surface area contributed by atoms with Crippen molar-refractivity contribution in [2.75, 3.05) is 5.01 Å². The van der Waals surface area contributed by atoms with E-state index in [1.165, 1.54) is 5.01 Å². The molecule has 1 atom stereocenters. The standard InChI is InChI=1S/C20H18N8O/c1-13-17(23-22-15-9-5-3-6-10-15)19(25-21-13)26-24-18-14(2)27-28(20(18)29)16-11-7-4-8-12-16/h3-12,18H,1-2H3,(H,21,25). The van der Waals surface area contributed by atoms with Gasteiger partial charge in [-0.3, -0.25) is 9.89 Å². The maximum absolute atomic E-state index is 12.7. The fraction of sp³-hybridized carbons (Fsp3) is 0.150. The number of carbonyl (C=O) groups excluding carboxylic acids is 1. The van der Waals surface area contributed by atoms with E-state index in [2.05, 4.69) is 35.8 Å². The van der Waals surface area contributed by atoms with E-state index in [9.17, 15) is 4.79 Å². The normalized spacial score (nSPS) is 16.9. The van der Waals surface area contributed by atoms with Gasteiger partial charge in [0.2, 0.25) is 5.82 Å². The number of benzene rings is 2. The second kappa shape index (κ2) is 7.93. The summed E-state index contributed by atoms with van der Waals surface area (Å²) in [4.78, 5) is 12.7. The molecule has 2 aromatic carbocycles. The van der Waals surface area contributed by atoms with Crippen LogP contribution in [0.15, 0.2) is 86.2 Å². The second-order valence-electron chi connectivity index (χ2n) is 6.40. The highest BCUT2D eigenvalue weighted by Crippen LogP contribution is 2.31. The number of nitrogens with zero attached hydrogens (tertiary/aromatic N) is 7. The Morgan fingerprint density at radius 1 is 0.931 bits per heavy atom. The molecule has 1 amide bonds. The molecule has 0 bridgehead atoms. The van der Waals surface area contributed by atoms with Gasteiger partial charge in [-0.05, 0) is 38.1 Å². The number of amides is 1. The first-order valence-corrected chi connectivity index (χ1v) is 9.00. The van der Waals surface area contributed by atoms with Crippen LogP contribution < -0.4 is 5.01 Å². The van der Waals surface area contributed by atoms with Crippen LogP contribution in [0.4, 0.5) is 22.9 Å². The molecule has 3 aromatic rings. The molecule has 1 aliphatic heterocycles. The fourth-order valence-electron chi connectivity index (χ4n) is 2.76. The van der Waals surface area contributed by atoms with Gasteiger partial charge in [0.15, 0.2) is 11.7 Å². The number of anilines is 1. The number of hydrogen-bond donors (Lipinski definition) is 1. The minimum Gasteiger partial charge on any atom is -0.278 e. The maximum Gasteiger partial charge on any atom is 0.280 e. The average Bonchev–Trinajstić information content (AvgIpc) is 3.25. The molecule has 0 radical (unpaired) electrons. The number of aryl methyl sites for hydroxylation is 1. The number of azo groups is 2. The topological polar surface area (TPSA) is 111 Å². The van der Waals surface area contributed by atoms with Crippen LogP contribution in [0.2, 0.25) is 0 Å². The van der Waals surface area contributed by atoms with Gasteiger partial charge in [-0.15, -0.1) is 10.2 Å². The molecule has 0 spiro atoms. The first-order valence-electron chi connectivity index (χ1n) is 9.00. The highest BCUT2D eigenvalue weighted by Gasteiger charge is 2.34. The van der Waals surface area contributed by atoms with Gasteiger partial charge >= 0.3 is 0 Å². The zero-order valence-corrected chi connectivity index (χ0v) is 15.9. The van der Waals surface area contributed by atoms with Crippen molar-refractivity contribution >= 4 is 34.5 Å². The lowest BCUT2D eigenvalue weighted by atomic mass is 10.2. The van der Waals surface area contributed by atoms with Crippen molar-refractivity contribution < 1.29 is 4.79 Å². The Balaban J connectivity index is 1.55. The van der Waals surface area contributed by atoms with E-state index < -0.39 is 6.04 Å². The number of aromatic nitrogens is 2. The zero-order valence-electron chi connectivity index (χ0n) is 15.9. The van der Waals surface area contributed by atoms with Gasteiger partial charge in [0.05, 0.1) is 22.8 Å². The maximum atomic E-state index is 12.7. The number of carbonyl (C=O) groups is 1. The van der Waals surface area contributed by atoms with Crippen molar-refractivity contribution in [3.63, 3.8) is 0 Å². The first-order chi connectivity index (χ1) is 14.1. The van der Waals surface area contributed by atoms with Crippen LogP contribution in [0, 0.1) is 6.92 Å². The lowest BCUT2D eigenvalue weighted by Gasteiger charge is -2.11. The smallest absolute Gasteiger partial charge is 0.278 e. The molecular formula is C20H18N8O. The largest absolute Gasteiger partial charge is 0.280 e. The molecule has 9 nitrogen and oxygen atoms in total. The summed E-state index contributed by atoms with van der Waals surface area (Å²) in [6.07, 6.45) is 0.